The van der Waals surface area contributed by atoms with Crippen molar-refractivity contribution < 1.29 is 4.74 Å². The van der Waals surface area contributed by atoms with Crippen molar-refractivity contribution in [3.8, 4) is 0 Å². The number of ether oxygens (including phenoxy) is 1. The number of nitrogens with one attached hydrogen (secondary N) is 1. The highest BCUT2D eigenvalue weighted by Crippen LogP contribution is 2.24. The van der Waals surface area contributed by atoms with E-state index in [0.717, 1.165) is 25.7 Å². The van der Waals surface area contributed by atoms with Gasteiger partial charge >= 0.3 is 0 Å². The molecule has 0 amide bonds. The molecule has 0 aromatic rings. The number of hydrogen-bond acceptors (Lipinski definition) is 4. The van der Waals surface area contributed by atoms with Gasteiger partial charge in [-0.3, -0.25) is 0 Å². The maximum absolute atomic E-state index is 5.58. The second-order valence-corrected chi connectivity index (χ2v) is 6.16. The number of morpholine rings is 1. The van der Waals surface area contributed by atoms with E-state index in [2.05, 4.69) is 36.3 Å². The van der Waals surface area contributed by atoms with Gasteiger partial charge in [-0.2, -0.15) is 0 Å². The standard InChI is InChI=1S/C14H29N3O/c1-16(2)14(9-13-11-18-8-6-15-13)12-5-4-7-17(3)10-12/h12-15H,4-11H2,1-3H3. The molecule has 2 aliphatic heterocycles. The number of likely N-dealkylation sites (tertiary alicyclic amines) is 1. The van der Waals surface area contributed by atoms with Crippen LogP contribution in [0, 0.1) is 5.92 Å². The lowest BCUT2D eigenvalue weighted by molar-refractivity contribution is 0.0491. The van der Waals surface area contributed by atoms with Crippen LogP contribution in [-0.4, -0.2) is 75.9 Å². The Kier molecular flexibility index (Phi) is 5.42. The van der Waals surface area contributed by atoms with Gasteiger partial charge in [0.2, 0.25) is 0 Å². The molecule has 0 aromatic heterocycles. The minimum Gasteiger partial charge on any atom is -0.379 e. The lowest BCUT2D eigenvalue weighted by Crippen LogP contribution is -2.50. The summed E-state index contributed by atoms with van der Waals surface area (Å²) in [6.07, 6.45) is 3.94. The van der Waals surface area contributed by atoms with Crippen molar-refractivity contribution in [1.29, 1.82) is 0 Å². The molecular formula is C14H29N3O. The molecule has 2 saturated heterocycles. The highest BCUT2D eigenvalue weighted by molar-refractivity contribution is 4.86. The summed E-state index contributed by atoms with van der Waals surface area (Å²) in [5, 5.41) is 3.59. The smallest absolute Gasteiger partial charge is 0.0620 e. The number of piperidine rings is 1. The Labute approximate surface area is 112 Å². The third kappa shape index (κ3) is 3.92. The van der Waals surface area contributed by atoms with Gasteiger partial charge in [0.25, 0.3) is 0 Å². The average molecular weight is 255 g/mol. The highest BCUT2D eigenvalue weighted by atomic mass is 16.5. The maximum atomic E-state index is 5.58. The molecule has 1 N–H and O–H groups in total. The van der Waals surface area contributed by atoms with Crippen LogP contribution in [0.5, 0.6) is 0 Å². The van der Waals surface area contributed by atoms with E-state index < -0.39 is 0 Å². The fourth-order valence-electron chi connectivity index (χ4n) is 3.41. The Morgan fingerprint density at radius 3 is 2.89 bits per heavy atom. The van der Waals surface area contributed by atoms with E-state index in [1.54, 1.807) is 0 Å². The van der Waals surface area contributed by atoms with Gasteiger partial charge in [0, 0.05) is 25.2 Å². The molecule has 0 bridgehead atoms. The van der Waals surface area contributed by atoms with Crippen molar-refractivity contribution >= 4 is 0 Å². The summed E-state index contributed by atoms with van der Waals surface area (Å²) in [5.41, 5.74) is 0. The quantitative estimate of drug-likeness (QED) is 0.798. The van der Waals surface area contributed by atoms with Crippen LogP contribution in [-0.2, 0) is 4.74 Å². The maximum Gasteiger partial charge on any atom is 0.0620 e. The minimum atomic E-state index is 0.540. The molecule has 0 saturated carbocycles. The zero-order chi connectivity index (χ0) is 13.0. The molecule has 4 nitrogen and oxygen atoms in total. The summed E-state index contributed by atoms with van der Waals surface area (Å²) >= 11 is 0. The van der Waals surface area contributed by atoms with Crippen molar-refractivity contribution in [3.05, 3.63) is 0 Å². The molecule has 3 unspecified atom stereocenters. The van der Waals surface area contributed by atoms with E-state index in [4.69, 9.17) is 4.74 Å². The molecule has 2 rings (SSSR count). The van der Waals surface area contributed by atoms with Crippen LogP contribution in [0.15, 0.2) is 0 Å². The van der Waals surface area contributed by atoms with Crippen molar-refractivity contribution in [2.75, 3.05) is 54.0 Å². The van der Waals surface area contributed by atoms with E-state index in [1.807, 2.05) is 0 Å². The van der Waals surface area contributed by atoms with E-state index >= 15 is 0 Å². The Balaban J connectivity index is 1.89. The van der Waals surface area contributed by atoms with Crippen molar-refractivity contribution in [1.82, 2.24) is 15.1 Å². The normalized spacial score (nSPS) is 32.7. The van der Waals surface area contributed by atoms with Gasteiger partial charge in [-0.25, -0.2) is 0 Å². The topological polar surface area (TPSA) is 27.7 Å². The monoisotopic (exact) mass is 255 g/mol. The zero-order valence-electron chi connectivity index (χ0n) is 12.2. The molecule has 0 aliphatic carbocycles. The van der Waals surface area contributed by atoms with Crippen molar-refractivity contribution in [2.45, 2.75) is 31.3 Å². The first-order valence-corrected chi connectivity index (χ1v) is 7.33. The Morgan fingerprint density at radius 2 is 2.28 bits per heavy atom. The summed E-state index contributed by atoms with van der Waals surface area (Å²) < 4.78 is 5.58. The Hall–Kier alpha value is -0.160. The Bertz CT molecular complexity index is 241. The van der Waals surface area contributed by atoms with Gasteiger partial charge < -0.3 is 19.9 Å². The summed E-state index contributed by atoms with van der Waals surface area (Å²) in [5.74, 6) is 0.808. The number of rotatable bonds is 4. The predicted octanol–water partition coefficient (Wildman–Crippen LogP) is 0.637. The van der Waals surface area contributed by atoms with Crippen LogP contribution in [0.4, 0.5) is 0 Å². The SMILES string of the molecule is CN1CCCC(C(CC2COCCN2)N(C)C)C1. The molecule has 106 valence electrons. The fourth-order valence-corrected chi connectivity index (χ4v) is 3.41. The molecule has 2 aliphatic rings. The van der Waals surface area contributed by atoms with E-state index in [1.165, 1.54) is 32.4 Å². The van der Waals surface area contributed by atoms with Crippen LogP contribution in [0.3, 0.4) is 0 Å². The van der Waals surface area contributed by atoms with E-state index in [-0.39, 0.29) is 0 Å². The van der Waals surface area contributed by atoms with E-state index in [9.17, 15) is 0 Å². The fraction of sp³-hybridized carbons (Fsp3) is 1.00. The minimum absolute atomic E-state index is 0.540. The lowest BCUT2D eigenvalue weighted by Gasteiger charge is -2.40. The highest BCUT2D eigenvalue weighted by Gasteiger charge is 2.30. The summed E-state index contributed by atoms with van der Waals surface area (Å²) in [4.78, 5) is 4.90. The lowest BCUT2D eigenvalue weighted by atomic mass is 9.86. The first kappa shape index (κ1) is 14.3. The molecule has 0 aromatic carbocycles. The van der Waals surface area contributed by atoms with Crippen LogP contribution in [0.25, 0.3) is 0 Å². The summed E-state index contributed by atoms with van der Waals surface area (Å²) in [7, 11) is 6.70. The summed E-state index contributed by atoms with van der Waals surface area (Å²) in [6.45, 7) is 5.27. The van der Waals surface area contributed by atoms with Crippen molar-refractivity contribution in [2.24, 2.45) is 5.92 Å². The first-order valence-electron chi connectivity index (χ1n) is 7.33. The molecule has 2 fully saturated rings. The second-order valence-electron chi connectivity index (χ2n) is 6.16. The predicted molar refractivity (Wildman–Crippen MR) is 74.9 cm³/mol. The molecule has 18 heavy (non-hydrogen) atoms. The molecular weight excluding hydrogens is 226 g/mol. The molecule has 0 radical (unpaired) electrons. The first-order chi connectivity index (χ1) is 8.66. The number of hydrogen-bond donors (Lipinski definition) is 1. The second kappa shape index (κ2) is 6.85. The Morgan fingerprint density at radius 1 is 1.44 bits per heavy atom. The third-order valence-corrected chi connectivity index (χ3v) is 4.39. The molecule has 3 atom stereocenters. The van der Waals surface area contributed by atoms with Crippen LogP contribution < -0.4 is 5.32 Å². The van der Waals surface area contributed by atoms with Gasteiger partial charge in [-0.05, 0) is 52.9 Å². The molecule has 0 spiro atoms. The van der Waals surface area contributed by atoms with Gasteiger partial charge in [-0.15, -0.1) is 0 Å². The van der Waals surface area contributed by atoms with Gasteiger partial charge in [0.15, 0.2) is 0 Å². The van der Waals surface area contributed by atoms with E-state index in [0.29, 0.717) is 12.1 Å². The van der Waals surface area contributed by atoms with Crippen LogP contribution >= 0.6 is 0 Å². The third-order valence-electron chi connectivity index (χ3n) is 4.39. The van der Waals surface area contributed by atoms with Gasteiger partial charge in [0.1, 0.15) is 0 Å². The average Bonchev–Trinajstić information content (AvgIpc) is 2.37. The molecule has 4 heteroatoms. The van der Waals surface area contributed by atoms with Crippen LogP contribution in [0.2, 0.25) is 0 Å². The zero-order valence-corrected chi connectivity index (χ0v) is 12.2. The van der Waals surface area contributed by atoms with Gasteiger partial charge in [0.05, 0.1) is 13.2 Å². The van der Waals surface area contributed by atoms with Gasteiger partial charge in [-0.1, -0.05) is 0 Å². The van der Waals surface area contributed by atoms with Crippen molar-refractivity contribution in [3.63, 3.8) is 0 Å². The number of nitrogens with zero attached hydrogens (tertiary/aromatic N) is 2. The van der Waals surface area contributed by atoms with Crippen LogP contribution in [0.1, 0.15) is 19.3 Å². The largest absolute Gasteiger partial charge is 0.379 e. The molecule has 2 heterocycles. The summed E-state index contributed by atoms with van der Waals surface area (Å²) in [6, 6.07) is 1.21.